The summed E-state index contributed by atoms with van der Waals surface area (Å²) in [6, 6.07) is 3.60. The lowest BCUT2D eigenvalue weighted by Crippen LogP contribution is -2.33. The topological polar surface area (TPSA) is 58.2 Å². The molecule has 2 rings (SSSR count). The number of aryl methyl sites for hydroxylation is 1. The van der Waals surface area contributed by atoms with Gasteiger partial charge in [-0.3, -0.25) is 0 Å². The molecule has 1 aromatic rings. The van der Waals surface area contributed by atoms with Crippen molar-refractivity contribution >= 4 is 21.4 Å². The van der Waals surface area contributed by atoms with E-state index in [-0.39, 0.29) is 0 Å². The average molecular weight is 302 g/mol. The van der Waals surface area contributed by atoms with E-state index in [1.54, 1.807) is 6.07 Å². The summed E-state index contributed by atoms with van der Waals surface area (Å²) in [4.78, 5) is 1.11. The van der Waals surface area contributed by atoms with Gasteiger partial charge in [0.1, 0.15) is 4.21 Å². The fourth-order valence-corrected chi connectivity index (χ4v) is 4.72. The zero-order valence-corrected chi connectivity index (χ0v) is 12.9. The summed E-state index contributed by atoms with van der Waals surface area (Å²) in [6.45, 7) is 4.68. The van der Waals surface area contributed by atoms with Crippen molar-refractivity contribution < 1.29 is 8.42 Å². The van der Waals surface area contributed by atoms with Crippen LogP contribution < -0.4 is 10.0 Å². The van der Waals surface area contributed by atoms with Crippen molar-refractivity contribution in [2.75, 3.05) is 19.6 Å². The molecule has 2 heterocycles. The van der Waals surface area contributed by atoms with Gasteiger partial charge >= 0.3 is 0 Å². The van der Waals surface area contributed by atoms with Crippen molar-refractivity contribution in [1.29, 1.82) is 0 Å². The predicted molar refractivity (Wildman–Crippen MR) is 79.1 cm³/mol. The molecule has 0 saturated carbocycles. The summed E-state index contributed by atoms with van der Waals surface area (Å²) in [5.41, 5.74) is 0. The molecule has 4 nitrogen and oxygen atoms in total. The van der Waals surface area contributed by atoms with E-state index >= 15 is 0 Å². The van der Waals surface area contributed by atoms with Crippen LogP contribution in [0.1, 0.15) is 31.1 Å². The highest BCUT2D eigenvalue weighted by molar-refractivity contribution is 7.91. The Morgan fingerprint density at radius 2 is 2.32 bits per heavy atom. The van der Waals surface area contributed by atoms with Crippen molar-refractivity contribution in [2.45, 2.75) is 36.8 Å². The first-order valence-electron chi connectivity index (χ1n) is 6.91. The zero-order chi connectivity index (χ0) is 13.7. The third kappa shape index (κ3) is 4.27. The first kappa shape index (κ1) is 15.0. The minimum Gasteiger partial charge on any atom is -0.316 e. The largest absolute Gasteiger partial charge is 0.316 e. The molecule has 2 N–H and O–H groups in total. The SMILES string of the molecule is CCc1ccc(S(=O)(=O)NCCC2CCCNC2)s1. The fraction of sp³-hybridized carbons (Fsp3) is 0.692. The highest BCUT2D eigenvalue weighted by Gasteiger charge is 2.18. The molecule has 0 aromatic carbocycles. The molecule has 19 heavy (non-hydrogen) atoms. The van der Waals surface area contributed by atoms with Crippen LogP contribution in [0.2, 0.25) is 0 Å². The molecule has 1 aliphatic rings. The van der Waals surface area contributed by atoms with Crippen LogP contribution in [0.3, 0.4) is 0 Å². The fourth-order valence-electron chi connectivity index (χ4n) is 2.33. The molecule has 0 spiro atoms. The number of hydrogen-bond acceptors (Lipinski definition) is 4. The first-order chi connectivity index (χ1) is 9.12. The van der Waals surface area contributed by atoms with Crippen molar-refractivity contribution in [1.82, 2.24) is 10.0 Å². The lowest BCUT2D eigenvalue weighted by molar-refractivity contribution is 0.358. The van der Waals surface area contributed by atoms with Crippen LogP contribution in [0.4, 0.5) is 0 Å². The summed E-state index contributed by atoms with van der Waals surface area (Å²) >= 11 is 1.36. The molecule has 1 unspecified atom stereocenters. The Hall–Kier alpha value is -0.430. The molecule has 1 aromatic heterocycles. The number of nitrogens with one attached hydrogen (secondary N) is 2. The smallest absolute Gasteiger partial charge is 0.250 e. The van der Waals surface area contributed by atoms with Gasteiger partial charge in [0.05, 0.1) is 0 Å². The number of thiophene rings is 1. The molecule has 1 aliphatic heterocycles. The van der Waals surface area contributed by atoms with Gasteiger partial charge in [0.15, 0.2) is 0 Å². The minimum atomic E-state index is -3.30. The molecule has 0 radical (unpaired) electrons. The number of sulfonamides is 1. The van der Waals surface area contributed by atoms with Crippen LogP contribution in [0.5, 0.6) is 0 Å². The third-order valence-electron chi connectivity index (χ3n) is 3.49. The molecule has 0 aliphatic carbocycles. The summed E-state index contributed by atoms with van der Waals surface area (Å²) in [6.07, 6.45) is 4.20. The van der Waals surface area contributed by atoms with Gasteiger partial charge in [-0.05, 0) is 56.8 Å². The van der Waals surface area contributed by atoms with Gasteiger partial charge in [0.2, 0.25) is 10.0 Å². The van der Waals surface area contributed by atoms with Gasteiger partial charge in [0, 0.05) is 11.4 Å². The summed E-state index contributed by atoms with van der Waals surface area (Å²) in [5, 5.41) is 3.35. The Bertz CT molecular complexity index is 490. The van der Waals surface area contributed by atoms with Gasteiger partial charge in [-0.25, -0.2) is 13.1 Å². The van der Waals surface area contributed by atoms with Gasteiger partial charge in [-0.2, -0.15) is 0 Å². The Kier molecular flexibility index (Phi) is 5.38. The lowest BCUT2D eigenvalue weighted by atomic mass is 9.96. The van der Waals surface area contributed by atoms with E-state index in [1.165, 1.54) is 24.2 Å². The zero-order valence-electron chi connectivity index (χ0n) is 11.3. The summed E-state index contributed by atoms with van der Waals surface area (Å²) in [5.74, 6) is 0.603. The van der Waals surface area contributed by atoms with Crippen LogP contribution in [0.25, 0.3) is 0 Å². The number of piperidine rings is 1. The number of rotatable bonds is 6. The molecular formula is C13H22N2O2S2. The highest BCUT2D eigenvalue weighted by Crippen LogP contribution is 2.22. The van der Waals surface area contributed by atoms with Crippen LogP contribution in [-0.2, 0) is 16.4 Å². The van der Waals surface area contributed by atoms with Crippen LogP contribution >= 0.6 is 11.3 Å². The molecule has 0 bridgehead atoms. The van der Waals surface area contributed by atoms with Crippen molar-refractivity contribution in [2.24, 2.45) is 5.92 Å². The lowest BCUT2D eigenvalue weighted by Gasteiger charge is -2.22. The molecule has 108 valence electrons. The van der Waals surface area contributed by atoms with E-state index in [0.717, 1.165) is 30.8 Å². The molecule has 0 amide bonds. The molecule has 1 atom stereocenters. The first-order valence-corrected chi connectivity index (χ1v) is 9.21. The van der Waals surface area contributed by atoms with E-state index in [4.69, 9.17) is 0 Å². The maximum absolute atomic E-state index is 12.1. The monoisotopic (exact) mass is 302 g/mol. The average Bonchev–Trinajstić information content (AvgIpc) is 2.89. The molecule has 1 fully saturated rings. The van der Waals surface area contributed by atoms with Gasteiger partial charge in [-0.15, -0.1) is 11.3 Å². The maximum Gasteiger partial charge on any atom is 0.250 e. The maximum atomic E-state index is 12.1. The highest BCUT2D eigenvalue weighted by atomic mass is 32.2. The van der Waals surface area contributed by atoms with Crippen molar-refractivity contribution in [3.8, 4) is 0 Å². The van der Waals surface area contributed by atoms with E-state index in [1.807, 2.05) is 13.0 Å². The Balaban J connectivity index is 1.83. The van der Waals surface area contributed by atoms with Gasteiger partial charge < -0.3 is 5.32 Å². The van der Waals surface area contributed by atoms with Gasteiger partial charge in [-0.1, -0.05) is 6.92 Å². The van der Waals surface area contributed by atoms with Crippen molar-refractivity contribution in [3.63, 3.8) is 0 Å². The molecular weight excluding hydrogens is 280 g/mol. The number of hydrogen-bond donors (Lipinski definition) is 2. The normalized spacial score (nSPS) is 20.6. The van der Waals surface area contributed by atoms with E-state index in [9.17, 15) is 8.42 Å². The third-order valence-corrected chi connectivity index (χ3v) is 6.68. The Labute approximate surface area is 119 Å². The summed E-state index contributed by atoms with van der Waals surface area (Å²) < 4.78 is 27.3. The summed E-state index contributed by atoms with van der Waals surface area (Å²) in [7, 11) is -3.30. The minimum absolute atomic E-state index is 0.436. The quantitative estimate of drug-likeness (QED) is 0.845. The van der Waals surface area contributed by atoms with E-state index in [2.05, 4.69) is 10.0 Å². The molecule has 1 saturated heterocycles. The Morgan fingerprint density at radius 3 is 2.95 bits per heavy atom. The second-order valence-electron chi connectivity index (χ2n) is 4.97. The molecule has 6 heteroatoms. The standard InChI is InChI=1S/C13H22N2O2S2/c1-2-12-5-6-13(18-12)19(16,17)15-9-7-11-4-3-8-14-10-11/h5-6,11,14-15H,2-4,7-10H2,1H3. The second-order valence-corrected chi connectivity index (χ2v) is 8.14. The van der Waals surface area contributed by atoms with E-state index < -0.39 is 10.0 Å². The van der Waals surface area contributed by atoms with Gasteiger partial charge in [0.25, 0.3) is 0 Å². The van der Waals surface area contributed by atoms with E-state index in [0.29, 0.717) is 16.7 Å². The van der Waals surface area contributed by atoms with Crippen molar-refractivity contribution in [3.05, 3.63) is 17.0 Å². The second kappa shape index (κ2) is 6.83. The van der Waals surface area contributed by atoms with Crippen LogP contribution in [-0.4, -0.2) is 28.1 Å². The van der Waals surface area contributed by atoms with Crippen LogP contribution in [0, 0.1) is 5.92 Å². The predicted octanol–water partition coefficient (Wildman–Crippen LogP) is 1.98. The van der Waals surface area contributed by atoms with Crippen LogP contribution in [0.15, 0.2) is 16.3 Å². The Morgan fingerprint density at radius 1 is 1.47 bits per heavy atom.